The normalized spacial score (nSPS) is 24.5. The van der Waals surface area contributed by atoms with Crippen LogP contribution in [0.3, 0.4) is 0 Å². The van der Waals surface area contributed by atoms with Gasteiger partial charge in [-0.2, -0.15) is 0 Å². The summed E-state index contributed by atoms with van der Waals surface area (Å²) in [5.41, 5.74) is 3.12. The maximum Gasteiger partial charge on any atom is 0.0575 e. The molecule has 2 fully saturated rings. The minimum Gasteiger partial charge on any atom is -0.378 e. The average Bonchev–Trinajstić information content (AvgIpc) is 2.49. The lowest BCUT2D eigenvalue weighted by Crippen LogP contribution is -2.24. The van der Waals surface area contributed by atoms with E-state index in [1.807, 2.05) is 0 Å². The third kappa shape index (κ3) is 3.67. The summed E-state index contributed by atoms with van der Waals surface area (Å²) in [5.74, 6) is 0.808. The molecule has 0 radical (unpaired) electrons. The van der Waals surface area contributed by atoms with Crippen molar-refractivity contribution in [2.75, 3.05) is 13.7 Å². The summed E-state index contributed by atoms with van der Waals surface area (Å²) in [4.78, 5) is 0. The highest BCUT2D eigenvalue weighted by atomic mass is 16.5. The SMILES string of the molecule is CNC(CCC1CCCCO1)c1ccccc1C1CCC1. The molecule has 0 spiro atoms. The van der Waals surface area contributed by atoms with Crippen LogP contribution < -0.4 is 5.32 Å². The molecule has 2 heteroatoms. The van der Waals surface area contributed by atoms with Crippen LogP contribution in [0, 0.1) is 0 Å². The summed E-state index contributed by atoms with van der Waals surface area (Å²) >= 11 is 0. The highest BCUT2D eigenvalue weighted by molar-refractivity contribution is 5.34. The standard InChI is InChI=1S/C19H29NO/c1-20-19(13-12-16-9-4-5-14-21-16)18-11-3-2-10-17(18)15-7-6-8-15/h2-3,10-11,15-16,19-20H,4-9,12-14H2,1H3. The van der Waals surface area contributed by atoms with E-state index < -0.39 is 0 Å². The third-order valence-corrected chi connectivity index (χ3v) is 5.32. The predicted octanol–water partition coefficient (Wildman–Crippen LogP) is 4.56. The van der Waals surface area contributed by atoms with Gasteiger partial charge in [-0.05, 0) is 69.0 Å². The smallest absolute Gasteiger partial charge is 0.0575 e. The van der Waals surface area contributed by atoms with Crippen molar-refractivity contribution in [3.63, 3.8) is 0 Å². The van der Waals surface area contributed by atoms with Crippen LogP contribution in [0.25, 0.3) is 0 Å². The molecule has 0 bridgehead atoms. The van der Waals surface area contributed by atoms with Gasteiger partial charge in [-0.1, -0.05) is 30.7 Å². The fourth-order valence-corrected chi connectivity index (χ4v) is 3.76. The van der Waals surface area contributed by atoms with Crippen molar-refractivity contribution in [2.45, 2.75) is 69.4 Å². The van der Waals surface area contributed by atoms with E-state index in [0.29, 0.717) is 12.1 Å². The van der Waals surface area contributed by atoms with Crippen molar-refractivity contribution < 1.29 is 4.74 Å². The van der Waals surface area contributed by atoms with E-state index in [2.05, 4.69) is 36.6 Å². The van der Waals surface area contributed by atoms with Gasteiger partial charge in [0.15, 0.2) is 0 Å². The van der Waals surface area contributed by atoms with E-state index >= 15 is 0 Å². The van der Waals surface area contributed by atoms with E-state index in [1.165, 1.54) is 56.9 Å². The lowest BCUT2D eigenvalue weighted by Gasteiger charge is -2.31. The molecule has 2 unspecified atom stereocenters. The second-order valence-corrected chi connectivity index (χ2v) is 6.66. The van der Waals surface area contributed by atoms with Crippen LogP contribution in [0.4, 0.5) is 0 Å². The molecule has 1 saturated heterocycles. The Morgan fingerprint density at radius 3 is 2.67 bits per heavy atom. The maximum absolute atomic E-state index is 5.89. The Hall–Kier alpha value is -0.860. The molecule has 1 N–H and O–H groups in total. The molecule has 0 amide bonds. The molecule has 0 aromatic heterocycles. The Bertz CT molecular complexity index is 435. The van der Waals surface area contributed by atoms with Gasteiger partial charge in [0.1, 0.15) is 0 Å². The van der Waals surface area contributed by atoms with E-state index in [9.17, 15) is 0 Å². The van der Waals surface area contributed by atoms with Gasteiger partial charge in [-0.25, -0.2) is 0 Å². The van der Waals surface area contributed by atoms with Crippen LogP contribution in [-0.4, -0.2) is 19.8 Å². The maximum atomic E-state index is 5.89. The molecule has 1 aliphatic heterocycles. The van der Waals surface area contributed by atoms with Crippen molar-refractivity contribution >= 4 is 0 Å². The lowest BCUT2D eigenvalue weighted by atomic mass is 9.76. The van der Waals surface area contributed by atoms with Crippen LogP contribution >= 0.6 is 0 Å². The first-order chi connectivity index (χ1) is 10.4. The fraction of sp³-hybridized carbons (Fsp3) is 0.684. The molecule has 116 valence electrons. The van der Waals surface area contributed by atoms with Crippen molar-refractivity contribution in [3.8, 4) is 0 Å². The van der Waals surface area contributed by atoms with Gasteiger partial charge < -0.3 is 10.1 Å². The number of ether oxygens (including phenoxy) is 1. The quantitative estimate of drug-likeness (QED) is 0.828. The highest BCUT2D eigenvalue weighted by Crippen LogP contribution is 2.40. The summed E-state index contributed by atoms with van der Waals surface area (Å²) in [7, 11) is 2.10. The molecule has 1 saturated carbocycles. The summed E-state index contributed by atoms with van der Waals surface area (Å²) in [5, 5.41) is 3.55. The molecule has 1 aromatic rings. The molecule has 3 rings (SSSR count). The highest BCUT2D eigenvalue weighted by Gasteiger charge is 2.25. The lowest BCUT2D eigenvalue weighted by molar-refractivity contribution is 0.00864. The predicted molar refractivity (Wildman–Crippen MR) is 87.7 cm³/mol. The number of nitrogens with one attached hydrogen (secondary N) is 1. The Morgan fingerprint density at radius 2 is 2.00 bits per heavy atom. The van der Waals surface area contributed by atoms with Crippen molar-refractivity contribution in [1.82, 2.24) is 5.32 Å². The number of hydrogen-bond acceptors (Lipinski definition) is 2. The molecule has 21 heavy (non-hydrogen) atoms. The molecular formula is C19H29NO. The van der Waals surface area contributed by atoms with Crippen LogP contribution in [-0.2, 0) is 4.74 Å². The molecule has 2 aliphatic rings. The minimum atomic E-state index is 0.479. The zero-order valence-corrected chi connectivity index (χ0v) is 13.3. The number of rotatable bonds is 6. The second kappa shape index (κ2) is 7.42. The van der Waals surface area contributed by atoms with E-state index in [-0.39, 0.29) is 0 Å². The fourth-order valence-electron chi connectivity index (χ4n) is 3.76. The topological polar surface area (TPSA) is 21.3 Å². The Kier molecular flexibility index (Phi) is 5.32. The Morgan fingerprint density at radius 1 is 1.14 bits per heavy atom. The van der Waals surface area contributed by atoms with Gasteiger partial charge in [0.05, 0.1) is 6.10 Å². The number of benzene rings is 1. The van der Waals surface area contributed by atoms with Crippen molar-refractivity contribution in [3.05, 3.63) is 35.4 Å². The van der Waals surface area contributed by atoms with Gasteiger partial charge in [0, 0.05) is 12.6 Å². The van der Waals surface area contributed by atoms with E-state index in [0.717, 1.165) is 12.5 Å². The van der Waals surface area contributed by atoms with Gasteiger partial charge in [-0.3, -0.25) is 0 Å². The van der Waals surface area contributed by atoms with Crippen molar-refractivity contribution in [2.24, 2.45) is 0 Å². The van der Waals surface area contributed by atoms with E-state index in [4.69, 9.17) is 4.74 Å². The first-order valence-corrected chi connectivity index (χ1v) is 8.76. The molecule has 2 atom stereocenters. The molecule has 2 nitrogen and oxygen atoms in total. The zero-order valence-electron chi connectivity index (χ0n) is 13.3. The monoisotopic (exact) mass is 287 g/mol. The second-order valence-electron chi connectivity index (χ2n) is 6.66. The van der Waals surface area contributed by atoms with Crippen LogP contribution in [0.1, 0.15) is 74.5 Å². The number of hydrogen-bond donors (Lipinski definition) is 1. The van der Waals surface area contributed by atoms with Crippen LogP contribution in [0.2, 0.25) is 0 Å². The van der Waals surface area contributed by atoms with E-state index in [1.54, 1.807) is 5.56 Å². The average molecular weight is 287 g/mol. The third-order valence-electron chi connectivity index (χ3n) is 5.32. The van der Waals surface area contributed by atoms with Gasteiger partial charge in [-0.15, -0.1) is 0 Å². The zero-order chi connectivity index (χ0) is 14.5. The van der Waals surface area contributed by atoms with Gasteiger partial charge >= 0.3 is 0 Å². The van der Waals surface area contributed by atoms with Crippen LogP contribution in [0.15, 0.2) is 24.3 Å². The van der Waals surface area contributed by atoms with Crippen molar-refractivity contribution in [1.29, 1.82) is 0 Å². The largest absolute Gasteiger partial charge is 0.378 e. The Labute approximate surface area is 129 Å². The first kappa shape index (κ1) is 15.1. The first-order valence-electron chi connectivity index (χ1n) is 8.76. The summed E-state index contributed by atoms with van der Waals surface area (Å²) < 4.78 is 5.89. The summed E-state index contributed by atoms with van der Waals surface area (Å²) in [6, 6.07) is 9.55. The minimum absolute atomic E-state index is 0.479. The van der Waals surface area contributed by atoms with Gasteiger partial charge in [0.2, 0.25) is 0 Å². The summed E-state index contributed by atoms with van der Waals surface area (Å²) in [6.07, 6.45) is 10.8. The molecular weight excluding hydrogens is 258 g/mol. The Balaban J connectivity index is 1.64. The molecule has 1 heterocycles. The summed E-state index contributed by atoms with van der Waals surface area (Å²) in [6.45, 7) is 0.966. The molecule has 1 aliphatic carbocycles. The van der Waals surface area contributed by atoms with Crippen LogP contribution in [0.5, 0.6) is 0 Å². The molecule has 1 aromatic carbocycles. The van der Waals surface area contributed by atoms with Gasteiger partial charge in [0.25, 0.3) is 0 Å².